The first kappa shape index (κ1) is 18.6. The molecule has 1 heterocycles. The van der Waals surface area contributed by atoms with E-state index in [-0.39, 0.29) is 18.3 Å². The van der Waals surface area contributed by atoms with E-state index in [1.807, 2.05) is 7.05 Å². The van der Waals surface area contributed by atoms with Crippen LogP contribution in [0.2, 0.25) is 0 Å². The van der Waals surface area contributed by atoms with Gasteiger partial charge in [-0.1, -0.05) is 0 Å². The summed E-state index contributed by atoms with van der Waals surface area (Å²) in [4.78, 5) is 13.1. The van der Waals surface area contributed by atoms with Crippen LogP contribution in [0, 0.1) is 0 Å². The number of carbonyl (C=O) groups excluding carboxylic acids is 1. The molecule has 0 radical (unpaired) electrons. The summed E-state index contributed by atoms with van der Waals surface area (Å²) in [5.41, 5.74) is 0. The number of rotatable bonds is 4. The average molecular weight is 314 g/mol. The average Bonchev–Trinajstić information content (AvgIpc) is 2.36. The van der Waals surface area contributed by atoms with Gasteiger partial charge in [-0.25, -0.2) is 12.7 Å². The molecule has 1 aliphatic heterocycles. The summed E-state index contributed by atoms with van der Waals surface area (Å²) in [7, 11) is 1.50. The molecule has 0 aromatic rings. The Bertz CT molecular complexity index is 392. The fourth-order valence-corrected chi connectivity index (χ4v) is 3.75. The molecule has 0 spiro atoms. The van der Waals surface area contributed by atoms with Crippen molar-refractivity contribution in [3.8, 4) is 0 Å². The number of carbonyl (C=O) groups is 1. The van der Waals surface area contributed by atoms with Crippen LogP contribution in [0.3, 0.4) is 0 Å². The van der Waals surface area contributed by atoms with Gasteiger partial charge < -0.3 is 10.2 Å². The van der Waals surface area contributed by atoms with E-state index in [1.54, 1.807) is 14.1 Å². The van der Waals surface area contributed by atoms with E-state index in [0.717, 1.165) is 12.8 Å². The van der Waals surface area contributed by atoms with Gasteiger partial charge in [0.1, 0.15) is 0 Å². The molecular weight excluding hydrogens is 290 g/mol. The zero-order valence-electron chi connectivity index (χ0n) is 11.9. The Balaban J connectivity index is 0.00000324. The number of piperidine rings is 1. The van der Waals surface area contributed by atoms with Gasteiger partial charge in [-0.3, -0.25) is 4.79 Å². The molecule has 114 valence electrons. The fourth-order valence-electron chi connectivity index (χ4n) is 2.11. The van der Waals surface area contributed by atoms with Crippen LogP contribution in [0.15, 0.2) is 0 Å². The highest BCUT2D eigenvalue weighted by Crippen LogP contribution is 2.18. The van der Waals surface area contributed by atoms with Gasteiger partial charge in [0.25, 0.3) is 0 Å². The van der Waals surface area contributed by atoms with Crippen LogP contribution in [0.1, 0.15) is 19.8 Å². The second-order valence-electron chi connectivity index (χ2n) is 4.88. The summed E-state index contributed by atoms with van der Waals surface area (Å²) in [5.74, 6) is -0.370. The lowest BCUT2D eigenvalue weighted by molar-refractivity contribution is -0.128. The number of sulfonamides is 1. The number of hydrogen-bond donors (Lipinski definition) is 1. The first-order valence-corrected chi connectivity index (χ1v) is 7.68. The summed E-state index contributed by atoms with van der Waals surface area (Å²) in [5, 5.41) is 2.15. The Kier molecular flexibility index (Phi) is 7.28. The molecule has 6 nitrogen and oxygen atoms in total. The molecule has 1 atom stereocenters. The number of halogens is 1. The Morgan fingerprint density at radius 2 is 1.79 bits per heavy atom. The minimum Gasteiger partial charge on any atom is -0.348 e. The van der Waals surface area contributed by atoms with Crippen molar-refractivity contribution in [2.75, 3.05) is 34.2 Å². The molecule has 1 aliphatic rings. The molecule has 0 bridgehead atoms. The minimum atomic E-state index is -3.52. The van der Waals surface area contributed by atoms with Gasteiger partial charge in [0.2, 0.25) is 15.9 Å². The first-order chi connectivity index (χ1) is 8.30. The highest BCUT2D eigenvalue weighted by Gasteiger charge is 2.36. The lowest BCUT2D eigenvalue weighted by Crippen LogP contribution is -2.49. The smallest absolute Gasteiger partial charge is 0.241 e. The van der Waals surface area contributed by atoms with E-state index in [4.69, 9.17) is 0 Å². The predicted octanol–water partition coefficient (Wildman–Crippen LogP) is -0.101. The Labute approximate surface area is 122 Å². The molecule has 1 amide bonds. The van der Waals surface area contributed by atoms with Gasteiger partial charge in [-0.2, -0.15) is 0 Å². The maximum absolute atomic E-state index is 12.3. The van der Waals surface area contributed by atoms with E-state index in [2.05, 4.69) is 5.32 Å². The summed E-state index contributed by atoms with van der Waals surface area (Å²) < 4.78 is 26.0. The van der Waals surface area contributed by atoms with Crippen molar-refractivity contribution in [3.63, 3.8) is 0 Å². The molecule has 0 aliphatic carbocycles. The zero-order valence-corrected chi connectivity index (χ0v) is 13.6. The lowest BCUT2D eigenvalue weighted by atomic mass is 10.1. The Morgan fingerprint density at radius 3 is 2.16 bits per heavy atom. The van der Waals surface area contributed by atoms with Crippen LogP contribution in [0.4, 0.5) is 0 Å². The third-order valence-corrected chi connectivity index (χ3v) is 5.64. The minimum absolute atomic E-state index is 0. The molecule has 0 aromatic heterocycles. The van der Waals surface area contributed by atoms with Gasteiger partial charge >= 0.3 is 0 Å². The predicted molar refractivity (Wildman–Crippen MR) is 78.0 cm³/mol. The number of hydrogen-bond acceptors (Lipinski definition) is 4. The molecule has 8 heteroatoms. The van der Waals surface area contributed by atoms with Crippen molar-refractivity contribution in [3.05, 3.63) is 0 Å². The first-order valence-electron chi connectivity index (χ1n) is 6.18. The topological polar surface area (TPSA) is 69.7 Å². The Hall–Kier alpha value is -0.370. The normalized spacial score (nSPS) is 19.6. The zero-order chi connectivity index (χ0) is 13.9. The molecule has 1 saturated heterocycles. The fraction of sp³-hybridized carbons (Fsp3) is 0.909. The van der Waals surface area contributed by atoms with Gasteiger partial charge in [0.05, 0.1) is 0 Å². The van der Waals surface area contributed by atoms with Crippen molar-refractivity contribution in [1.82, 2.24) is 14.5 Å². The molecule has 19 heavy (non-hydrogen) atoms. The van der Waals surface area contributed by atoms with Gasteiger partial charge in [0, 0.05) is 33.2 Å². The van der Waals surface area contributed by atoms with Crippen molar-refractivity contribution in [2.45, 2.75) is 31.1 Å². The largest absolute Gasteiger partial charge is 0.348 e. The lowest BCUT2D eigenvalue weighted by Gasteiger charge is -2.32. The van der Waals surface area contributed by atoms with Crippen molar-refractivity contribution >= 4 is 28.3 Å². The summed E-state index contributed by atoms with van der Waals surface area (Å²) in [6, 6.07) is 0.372. The van der Waals surface area contributed by atoms with Crippen molar-refractivity contribution in [2.24, 2.45) is 0 Å². The number of amides is 1. The van der Waals surface area contributed by atoms with Gasteiger partial charge in [0.15, 0.2) is 5.25 Å². The maximum atomic E-state index is 12.3. The van der Waals surface area contributed by atoms with E-state index < -0.39 is 15.3 Å². The van der Waals surface area contributed by atoms with Crippen LogP contribution in [-0.4, -0.2) is 69.1 Å². The Morgan fingerprint density at radius 1 is 1.32 bits per heavy atom. The summed E-state index contributed by atoms with van der Waals surface area (Å²) >= 11 is 0. The van der Waals surface area contributed by atoms with Crippen molar-refractivity contribution in [1.29, 1.82) is 0 Å². The van der Waals surface area contributed by atoms with Crippen molar-refractivity contribution < 1.29 is 13.2 Å². The molecular formula is C11H24ClN3O3S. The van der Waals surface area contributed by atoms with E-state index in [9.17, 15) is 13.2 Å². The molecule has 0 aromatic carbocycles. The van der Waals surface area contributed by atoms with Crippen LogP contribution < -0.4 is 5.32 Å². The van der Waals surface area contributed by atoms with Crippen LogP contribution in [0.5, 0.6) is 0 Å². The van der Waals surface area contributed by atoms with Gasteiger partial charge in [-0.05, 0) is 26.8 Å². The third-order valence-electron chi connectivity index (χ3n) is 3.46. The third kappa shape index (κ3) is 4.30. The highest BCUT2D eigenvalue weighted by molar-refractivity contribution is 7.90. The van der Waals surface area contributed by atoms with Gasteiger partial charge in [-0.15, -0.1) is 12.4 Å². The summed E-state index contributed by atoms with van der Waals surface area (Å²) in [6.07, 6.45) is 1.58. The van der Waals surface area contributed by atoms with E-state index in [1.165, 1.54) is 16.1 Å². The van der Waals surface area contributed by atoms with Crippen LogP contribution >= 0.6 is 12.4 Å². The molecule has 1 rings (SSSR count). The SMILES string of the molecule is CNC1CCN(S(=O)(=O)C(C)C(=O)N(C)C)CC1.Cl. The molecule has 1 unspecified atom stereocenters. The highest BCUT2D eigenvalue weighted by atomic mass is 35.5. The van der Waals surface area contributed by atoms with Crippen LogP contribution in [-0.2, 0) is 14.8 Å². The van der Waals surface area contributed by atoms with E-state index in [0.29, 0.717) is 19.1 Å². The molecule has 0 saturated carbocycles. The molecule has 1 N–H and O–H groups in total. The number of nitrogens with zero attached hydrogens (tertiary/aromatic N) is 2. The summed E-state index contributed by atoms with van der Waals surface area (Å²) in [6.45, 7) is 2.43. The molecule has 1 fully saturated rings. The standard InChI is InChI=1S/C11H23N3O3S.ClH/c1-9(11(15)13(3)4)18(16,17)14-7-5-10(12-2)6-8-14;/h9-10,12H,5-8H2,1-4H3;1H. The van der Waals surface area contributed by atoms with Crippen LogP contribution in [0.25, 0.3) is 0 Å². The second-order valence-corrected chi connectivity index (χ2v) is 7.14. The monoisotopic (exact) mass is 313 g/mol. The maximum Gasteiger partial charge on any atom is 0.241 e. The second kappa shape index (κ2) is 7.42. The quantitative estimate of drug-likeness (QED) is 0.787. The van der Waals surface area contributed by atoms with E-state index >= 15 is 0 Å². The number of nitrogens with one attached hydrogen (secondary N) is 1.